The molecule has 1 amide bonds. The largest absolute Gasteiger partial charge is 0.296 e. The molecular weight excluding hydrogens is 328 g/mol. The third-order valence-electron chi connectivity index (χ3n) is 3.34. The number of nitro groups is 1. The van der Waals surface area contributed by atoms with Gasteiger partial charge in [-0.05, 0) is 18.6 Å². The lowest BCUT2D eigenvalue weighted by atomic mass is 10.1. The molecule has 24 heavy (non-hydrogen) atoms. The molecule has 3 aromatic rings. The fourth-order valence-electron chi connectivity index (χ4n) is 2.14. The first-order chi connectivity index (χ1) is 11.5. The van der Waals surface area contributed by atoms with Gasteiger partial charge in [0, 0.05) is 23.3 Å². The van der Waals surface area contributed by atoms with Crippen LogP contribution in [0.2, 0.25) is 0 Å². The Hall–Kier alpha value is -3.13. The van der Waals surface area contributed by atoms with Crippen LogP contribution in [-0.4, -0.2) is 21.0 Å². The van der Waals surface area contributed by atoms with Gasteiger partial charge < -0.3 is 0 Å². The number of hydrogen-bond donors (Lipinski definition) is 1. The van der Waals surface area contributed by atoms with E-state index in [1.54, 1.807) is 24.3 Å². The molecule has 0 saturated heterocycles. The summed E-state index contributed by atoms with van der Waals surface area (Å²) in [5.41, 5.74) is 1.98. The fourth-order valence-corrected chi connectivity index (χ4v) is 2.87. The molecule has 1 aromatic heterocycles. The Morgan fingerprint density at radius 3 is 2.71 bits per heavy atom. The van der Waals surface area contributed by atoms with Crippen molar-refractivity contribution in [1.29, 1.82) is 0 Å². The molecule has 0 atom stereocenters. The van der Waals surface area contributed by atoms with Gasteiger partial charge in [-0.25, -0.2) is 0 Å². The molecule has 7 nitrogen and oxygen atoms in total. The highest BCUT2D eigenvalue weighted by Gasteiger charge is 2.14. The van der Waals surface area contributed by atoms with E-state index in [-0.39, 0.29) is 11.6 Å². The van der Waals surface area contributed by atoms with Crippen molar-refractivity contribution in [2.45, 2.75) is 6.92 Å². The molecule has 0 bridgehead atoms. The first kappa shape index (κ1) is 15.8. The van der Waals surface area contributed by atoms with Crippen molar-refractivity contribution in [1.82, 2.24) is 10.2 Å². The third kappa shape index (κ3) is 3.28. The lowest BCUT2D eigenvalue weighted by Crippen LogP contribution is -2.12. The first-order valence-electron chi connectivity index (χ1n) is 7.00. The van der Waals surface area contributed by atoms with E-state index in [0.717, 1.165) is 16.9 Å². The van der Waals surface area contributed by atoms with E-state index in [9.17, 15) is 14.9 Å². The molecule has 3 rings (SSSR count). The van der Waals surface area contributed by atoms with Crippen LogP contribution in [0.15, 0.2) is 48.5 Å². The maximum absolute atomic E-state index is 12.3. The summed E-state index contributed by atoms with van der Waals surface area (Å²) in [7, 11) is 0. The minimum Gasteiger partial charge on any atom is -0.296 e. The van der Waals surface area contributed by atoms with Crippen LogP contribution in [0.1, 0.15) is 15.9 Å². The van der Waals surface area contributed by atoms with Gasteiger partial charge in [0.1, 0.15) is 5.01 Å². The minimum absolute atomic E-state index is 0.0202. The highest BCUT2D eigenvalue weighted by Crippen LogP contribution is 2.29. The number of amides is 1. The van der Waals surface area contributed by atoms with Gasteiger partial charge in [-0.15, -0.1) is 10.2 Å². The van der Waals surface area contributed by atoms with Crippen LogP contribution in [-0.2, 0) is 0 Å². The van der Waals surface area contributed by atoms with E-state index in [1.807, 2.05) is 19.1 Å². The summed E-state index contributed by atoms with van der Waals surface area (Å²) in [6.07, 6.45) is 0. The van der Waals surface area contributed by atoms with Crippen molar-refractivity contribution in [3.63, 3.8) is 0 Å². The van der Waals surface area contributed by atoms with Gasteiger partial charge in [-0.2, -0.15) is 0 Å². The average molecular weight is 340 g/mol. The van der Waals surface area contributed by atoms with Crippen molar-refractivity contribution >= 4 is 28.1 Å². The summed E-state index contributed by atoms with van der Waals surface area (Å²) in [5, 5.41) is 22.3. The molecule has 8 heteroatoms. The summed E-state index contributed by atoms with van der Waals surface area (Å²) in [4.78, 5) is 22.6. The van der Waals surface area contributed by atoms with Crippen molar-refractivity contribution < 1.29 is 9.72 Å². The molecular formula is C16H12N4O3S. The monoisotopic (exact) mass is 340 g/mol. The second-order valence-corrected chi connectivity index (χ2v) is 5.97. The molecule has 0 fully saturated rings. The van der Waals surface area contributed by atoms with Crippen molar-refractivity contribution in [2.24, 2.45) is 0 Å². The zero-order valence-corrected chi connectivity index (χ0v) is 13.4. The molecule has 0 radical (unpaired) electrons. The van der Waals surface area contributed by atoms with Crippen molar-refractivity contribution in [3.8, 4) is 10.6 Å². The lowest BCUT2D eigenvalue weighted by Gasteiger charge is -2.03. The molecule has 2 aromatic carbocycles. The van der Waals surface area contributed by atoms with Gasteiger partial charge in [0.15, 0.2) is 0 Å². The van der Waals surface area contributed by atoms with Crippen LogP contribution in [0.4, 0.5) is 10.8 Å². The fraction of sp³-hybridized carbons (Fsp3) is 0.0625. The number of anilines is 1. The van der Waals surface area contributed by atoms with Crippen molar-refractivity contribution in [3.05, 3.63) is 69.8 Å². The number of carbonyl (C=O) groups is 1. The number of nitro benzene ring substituents is 1. The molecule has 0 saturated carbocycles. The summed E-state index contributed by atoms with van der Waals surface area (Å²) in [6.45, 7) is 1.85. The number of aromatic nitrogens is 2. The number of aryl methyl sites for hydroxylation is 1. The van der Waals surface area contributed by atoms with E-state index >= 15 is 0 Å². The molecule has 0 unspecified atom stereocenters. The number of benzene rings is 2. The zero-order valence-electron chi connectivity index (χ0n) is 12.6. The standard InChI is InChI=1S/C16H12N4O3S/c1-10-5-2-3-8-13(10)14(21)17-16-19-18-15(24-16)11-6-4-7-12(9-11)20(22)23/h2-9H,1H3,(H,17,19,21). The number of non-ortho nitro benzene ring substituents is 1. The predicted octanol–water partition coefficient (Wildman–Crippen LogP) is 3.67. The first-order valence-corrected chi connectivity index (χ1v) is 7.81. The Balaban J connectivity index is 1.81. The summed E-state index contributed by atoms with van der Waals surface area (Å²) in [6, 6.07) is 13.4. The van der Waals surface area contributed by atoms with Crippen LogP contribution < -0.4 is 5.32 Å². The molecule has 1 heterocycles. The zero-order chi connectivity index (χ0) is 17.1. The van der Waals surface area contributed by atoms with Crippen LogP contribution in [0.5, 0.6) is 0 Å². The highest BCUT2D eigenvalue weighted by molar-refractivity contribution is 7.18. The maximum Gasteiger partial charge on any atom is 0.270 e. The van der Waals surface area contributed by atoms with Gasteiger partial charge in [-0.3, -0.25) is 20.2 Å². The average Bonchev–Trinajstić information content (AvgIpc) is 3.04. The summed E-state index contributed by atoms with van der Waals surface area (Å²) < 4.78 is 0. The Morgan fingerprint density at radius 1 is 1.17 bits per heavy atom. The van der Waals surface area contributed by atoms with Gasteiger partial charge in [0.05, 0.1) is 4.92 Å². The Bertz CT molecular complexity index is 923. The molecule has 0 aliphatic rings. The van der Waals surface area contributed by atoms with E-state index in [2.05, 4.69) is 15.5 Å². The molecule has 1 N–H and O–H groups in total. The minimum atomic E-state index is -0.467. The molecule has 120 valence electrons. The second kappa shape index (κ2) is 6.55. The Morgan fingerprint density at radius 2 is 1.96 bits per heavy atom. The number of nitrogens with one attached hydrogen (secondary N) is 1. The number of rotatable bonds is 4. The van der Waals surface area contributed by atoms with Gasteiger partial charge in [0.25, 0.3) is 11.6 Å². The van der Waals surface area contributed by atoms with Crippen LogP contribution in [0.25, 0.3) is 10.6 Å². The SMILES string of the molecule is Cc1ccccc1C(=O)Nc1nnc(-c2cccc([N+](=O)[O-])c2)s1. The number of carbonyl (C=O) groups excluding carboxylic acids is 1. The molecule has 0 aliphatic carbocycles. The molecule has 0 spiro atoms. The number of nitrogens with zero attached hydrogens (tertiary/aromatic N) is 3. The number of hydrogen-bond acceptors (Lipinski definition) is 6. The van der Waals surface area contributed by atoms with Crippen LogP contribution in [0, 0.1) is 17.0 Å². The van der Waals surface area contributed by atoms with Gasteiger partial charge >= 0.3 is 0 Å². The Labute approximate surface area is 141 Å². The van der Waals surface area contributed by atoms with E-state index in [1.165, 1.54) is 12.1 Å². The van der Waals surface area contributed by atoms with Crippen LogP contribution >= 0.6 is 11.3 Å². The topological polar surface area (TPSA) is 98.0 Å². The third-order valence-corrected chi connectivity index (χ3v) is 4.23. The van der Waals surface area contributed by atoms with E-state index < -0.39 is 4.92 Å². The predicted molar refractivity (Wildman–Crippen MR) is 91.1 cm³/mol. The lowest BCUT2D eigenvalue weighted by molar-refractivity contribution is -0.384. The van der Waals surface area contributed by atoms with Gasteiger partial charge in [0.2, 0.25) is 5.13 Å². The highest BCUT2D eigenvalue weighted by atomic mass is 32.1. The van der Waals surface area contributed by atoms with Crippen molar-refractivity contribution in [2.75, 3.05) is 5.32 Å². The normalized spacial score (nSPS) is 10.4. The van der Waals surface area contributed by atoms with E-state index in [4.69, 9.17) is 0 Å². The quantitative estimate of drug-likeness (QED) is 0.577. The van der Waals surface area contributed by atoms with Gasteiger partial charge in [-0.1, -0.05) is 41.7 Å². The summed E-state index contributed by atoms with van der Waals surface area (Å²) in [5.74, 6) is -0.269. The second-order valence-electron chi connectivity index (χ2n) is 4.99. The molecule has 0 aliphatic heterocycles. The smallest absolute Gasteiger partial charge is 0.270 e. The van der Waals surface area contributed by atoms with E-state index in [0.29, 0.717) is 21.3 Å². The maximum atomic E-state index is 12.3. The van der Waals surface area contributed by atoms with Crippen LogP contribution in [0.3, 0.4) is 0 Å². The summed E-state index contributed by atoms with van der Waals surface area (Å²) >= 11 is 1.16. The Kier molecular flexibility index (Phi) is 4.30.